The minimum Gasteiger partial charge on any atom is -0.344 e. The molecule has 0 aliphatic carbocycles. The van der Waals surface area contributed by atoms with Crippen molar-refractivity contribution >= 4 is 11.4 Å². The van der Waals surface area contributed by atoms with Crippen molar-refractivity contribution < 1.29 is 36.0 Å². The Kier molecular flexibility index (Phi) is 4.18. The summed E-state index contributed by atoms with van der Waals surface area (Å²) in [6.45, 7) is 4.74. The third-order valence-electron chi connectivity index (χ3n) is 3.06. The summed E-state index contributed by atoms with van der Waals surface area (Å²) in [7, 11) is 0. The predicted molar refractivity (Wildman–Crippen MR) is 64.5 cm³/mol. The molecule has 0 unspecified atom stereocenters. The van der Waals surface area contributed by atoms with Crippen LogP contribution in [0, 0.1) is 17.0 Å². The van der Waals surface area contributed by atoms with E-state index in [0.29, 0.717) is 11.0 Å². The number of alkyl halides is 6. The Morgan fingerprint density at radius 3 is 2.35 bits per heavy atom. The molecule has 2 radical (unpaired) electrons. The summed E-state index contributed by atoms with van der Waals surface area (Å²) >= 11 is 0. The van der Waals surface area contributed by atoms with Crippen LogP contribution in [-0.4, -0.2) is 30.0 Å². The molecule has 1 aromatic rings. The summed E-state index contributed by atoms with van der Waals surface area (Å²) in [5, 5.41) is 10.6. The Morgan fingerprint density at radius 2 is 1.87 bits per heavy atom. The van der Waals surface area contributed by atoms with Crippen molar-refractivity contribution in [2.24, 2.45) is 0 Å². The Hall–Kier alpha value is -2.04. The lowest BCUT2D eigenvalue weighted by atomic mass is 10.1. The molecule has 23 heavy (non-hydrogen) atoms. The first-order valence-corrected chi connectivity index (χ1v) is 6.01. The Bertz CT molecular complexity index is 616. The van der Waals surface area contributed by atoms with Gasteiger partial charge < -0.3 is 9.64 Å². The van der Waals surface area contributed by atoms with Crippen LogP contribution in [0.4, 0.5) is 37.7 Å². The van der Waals surface area contributed by atoms with E-state index in [4.69, 9.17) is 6.92 Å². The highest BCUT2D eigenvalue weighted by Crippen LogP contribution is 2.41. The van der Waals surface area contributed by atoms with Gasteiger partial charge in [-0.2, -0.15) is 26.3 Å². The first kappa shape index (κ1) is 17.3. The van der Waals surface area contributed by atoms with Crippen LogP contribution in [0.15, 0.2) is 18.2 Å². The largest absolute Gasteiger partial charge is 0.433 e. The minimum absolute atomic E-state index is 0.276. The third-order valence-corrected chi connectivity index (χ3v) is 3.06. The maximum absolute atomic E-state index is 12.9. The van der Waals surface area contributed by atoms with Crippen molar-refractivity contribution in [1.82, 2.24) is 0 Å². The van der Waals surface area contributed by atoms with Gasteiger partial charge in [0.15, 0.2) is 0 Å². The molecule has 2 atom stereocenters. The topological polar surface area (TPSA) is 55.6 Å². The van der Waals surface area contributed by atoms with E-state index in [1.165, 1.54) is 0 Å². The quantitative estimate of drug-likeness (QED) is 0.469. The van der Waals surface area contributed by atoms with Gasteiger partial charge in [0, 0.05) is 18.3 Å². The van der Waals surface area contributed by atoms with Gasteiger partial charge in [0.05, 0.1) is 11.0 Å². The van der Waals surface area contributed by atoms with Gasteiger partial charge in [0.25, 0.3) is 5.69 Å². The van der Waals surface area contributed by atoms with E-state index in [1.807, 2.05) is 0 Å². The first-order chi connectivity index (χ1) is 10.4. The highest BCUT2D eigenvalue weighted by molar-refractivity contribution is 5.57. The molecule has 1 saturated heterocycles. The summed E-state index contributed by atoms with van der Waals surface area (Å²) in [4.78, 5) is 9.86. The third kappa shape index (κ3) is 3.49. The minimum atomic E-state index is -5.10. The summed E-state index contributed by atoms with van der Waals surface area (Å²) in [6.07, 6.45) is -13.9. The van der Waals surface area contributed by atoms with Crippen LogP contribution in [-0.2, 0) is 10.9 Å². The van der Waals surface area contributed by atoms with E-state index < -0.39 is 53.1 Å². The Balaban J connectivity index is 2.50. The molecule has 0 aromatic heterocycles. The fraction of sp³-hybridized carbons (Fsp3) is 0.417. The van der Waals surface area contributed by atoms with E-state index in [1.54, 1.807) is 0 Å². The molecule has 1 fully saturated rings. The highest BCUT2D eigenvalue weighted by Gasteiger charge is 2.50. The normalized spacial score (nSPS) is 22.5. The summed E-state index contributed by atoms with van der Waals surface area (Å²) < 4.78 is 81.7. The van der Waals surface area contributed by atoms with Crippen LogP contribution >= 0.6 is 0 Å². The number of benzene rings is 1. The molecular weight excluding hydrogens is 334 g/mol. The number of rotatable bonds is 2. The molecule has 1 aliphatic rings. The average Bonchev–Trinajstić information content (AvgIpc) is 2.79. The number of hydrogen-bond donors (Lipinski definition) is 0. The highest BCUT2D eigenvalue weighted by atomic mass is 19.4. The molecule has 0 amide bonds. The second-order valence-electron chi connectivity index (χ2n) is 4.68. The van der Waals surface area contributed by atoms with Gasteiger partial charge >= 0.3 is 12.4 Å². The maximum Gasteiger partial charge on any atom is 0.433 e. The van der Waals surface area contributed by atoms with E-state index in [0.717, 1.165) is 6.07 Å². The number of ether oxygens (including phenoxy) is 1. The lowest BCUT2D eigenvalue weighted by Gasteiger charge is -2.27. The van der Waals surface area contributed by atoms with Crippen LogP contribution in [0.5, 0.6) is 0 Å². The standard InChI is InChI=1S/C12H8F6N2O3/c1-6-5-19(10(23-6)12(16,17)18)7-2-3-9(20(21)22)8(4-7)11(13,14)15/h1-4,6,10H,5H2/t6-,10-/m0/s1. The van der Waals surface area contributed by atoms with Crippen molar-refractivity contribution in [3.05, 3.63) is 40.8 Å². The summed E-state index contributed by atoms with van der Waals surface area (Å²) in [5.41, 5.74) is -3.44. The van der Waals surface area contributed by atoms with Crippen molar-refractivity contribution in [3.63, 3.8) is 0 Å². The monoisotopic (exact) mass is 342 g/mol. The number of halogens is 6. The molecule has 2 rings (SSSR count). The van der Waals surface area contributed by atoms with Gasteiger partial charge in [-0.3, -0.25) is 10.1 Å². The molecule has 126 valence electrons. The van der Waals surface area contributed by atoms with Gasteiger partial charge in [0.1, 0.15) is 5.56 Å². The van der Waals surface area contributed by atoms with Crippen LogP contribution in [0.1, 0.15) is 5.56 Å². The summed E-state index contributed by atoms with van der Waals surface area (Å²) in [5.74, 6) is 0. The fourth-order valence-electron chi connectivity index (χ4n) is 2.16. The lowest BCUT2D eigenvalue weighted by Crippen LogP contribution is -2.42. The number of nitro benzene ring substituents is 1. The van der Waals surface area contributed by atoms with Crippen LogP contribution in [0.25, 0.3) is 0 Å². The van der Waals surface area contributed by atoms with E-state index in [9.17, 15) is 36.5 Å². The summed E-state index contributed by atoms with van der Waals surface area (Å²) in [6, 6.07) is 1.56. The molecule has 11 heteroatoms. The molecule has 0 spiro atoms. The van der Waals surface area contributed by atoms with Crippen molar-refractivity contribution in [3.8, 4) is 0 Å². The van der Waals surface area contributed by atoms with Crippen LogP contribution in [0.2, 0.25) is 0 Å². The SMILES string of the molecule is [CH][C@H]1CN(c2ccc([N+](=O)[O-])c(C(F)(F)F)c2)[C@H](C(F)(F)F)O1. The Morgan fingerprint density at radius 1 is 1.26 bits per heavy atom. The van der Waals surface area contributed by atoms with E-state index in [2.05, 4.69) is 4.74 Å². The molecule has 1 aromatic carbocycles. The van der Waals surface area contributed by atoms with Crippen LogP contribution in [0.3, 0.4) is 0 Å². The van der Waals surface area contributed by atoms with E-state index in [-0.39, 0.29) is 6.07 Å². The zero-order valence-electron chi connectivity index (χ0n) is 11.1. The number of nitrogens with zero attached hydrogens (tertiary/aromatic N) is 2. The molecule has 1 aliphatic heterocycles. The zero-order chi connectivity index (χ0) is 17.6. The van der Waals surface area contributed by atoms with Gasteiger partial charge in [-0.25, -0.2) is 0 Å². The number of anilines is 1. The van der Waals surface area contributed by atoms with Crippen molar-refractivity contribution in [1.29, 1.82) is 0 Å². The second-order valence-corrected chi connectivity index (χ2v) is 4.68. The van der Waals surface area contributed by atoms with Crippen molar-refractivity contribution in [2.75, 3.05) is 11.4 Å². The molecule has 0 bridgehead atoms. The Labute approximate surface area is 125 Å². The van der Waals surface area contributed by atoms with E-state index >= 15 is 0 Å². The lowest BCUT2D eigenvalue weighted by molar-refractivity contribution is -0.388. The molecule has 5 nitrogen and oxygen atoms in total. The predicted octanol–water partition coefficient (Wildman–Crippen LogP) is 3.42. The second kappa shape index (κ2) is 5.55. The van der Waals surface area contributed by atoms with Gasteiger partial charge in [0.2, 0.25) is 6.23 Å². The fourth-order valence-corrected chi connectivity index (χ4v) is 2.16. The number of nitro groups is 1. The average molecular weight is 342 g/mol. The smallest absolute Gasteiger partial charge is 0.344 e. The molecule has 0 N–H and O–H groups in total. The number of hydrogen-bond acceptors (Lipinski definition) is 4. The van der Waals surface area contributed by atoms with Gasteiger partial charge in [-0.1, -0.05) is 0 Å². The van der Waals surface area contributed by atoms with Crippen molar-refractivity contribution in [2.45, 2.75) is 24.7 Å². The molecule has 0 saturated carbocycles. The zero-order valence-corrected chi connectivity index (χ0v) is 11.1. The molecular formula is C12H8F6N2O3. The van der Waals surface area contributed by atoms with Crippen LogP contribution < -0.4 is 4.90 Å². The maximum atomic E-state index is 12.9. The van der Waals surface area contributed by atoms with Gasteiger partial charge in [-0.15, -0.1) is 0 Å². The van der Waals surface area contributed by atoms with Gasteiger partial charge in [-0.05, 0) is 19.1 Å². The molecule has 1 heterocycles. The first-order valence-electron chi connectivity index (χ1n) is 6.01.